The lowest BCUT2D eigenvalue weighted by Crippen LogP contribution is -2.16. The molecule has 1 aromatic heterocycles. The van der Waals surface area contributed by atoms with Gasteiger partial charge in [0.15, 0.2) is 0 Å². The Balaban J connectivity index is 1.27. The van der Waals surface area contributed by atoms with Gasteiger partial charge in [0.1, 0.15) is 0 Å². The molecular formula is C43H32N2. The van der Waals surface area contributed by atoms with Crippen LogP contribution < -0.4 is 4.90 Å². The molecule has 0 aliphatic heterocycles. The van der Waals surface area contributed by atoms with Crippen LogP contribution in [0.25, 0.3) is 49.4 Å². The van der Waals surface area contributed by atoms with Gasteiger partial charge in [0.25, 0.3) is 0 Å². The molecule has 0 spiro atoms. The summed E-state index contributed by atoms with van der Waals surface area (Å²) in [6, 6.07) is 57.6. The maximum absolute atomic E-state index is 2.47. The first kappa shape index (κ1) is 25.9. The van der Waals surface area contributed by atoms with Crippen molar-refractivity contribution in [3.8, 4) is 16.8 Å². The monoisotopic (exact) mass is 576 g/mol. The average molecular weight is 577 g/mol. The molecule has 1 aliphatic rings. The second-order valence-electron chi connectivity index (χ2n) is 12.6. The first-order chi connectivity index (χ1) is 22.1. The number of hydrogen-bond acceptors (Lipinski definition) is 1. The largest absolute Gasteiger partial charge is 0.310 e. The molecule has 0 fully saturated rings. The number of hydrogen-bond donors (Lipinski definition) is 0. The van der Waals surface area contributed by atoms with E-state index >= 15 is 0 Å². The molecule has 2 heteroatoms. The third kappa shape index (κ3) is 3.82. The maximum Gasteiger partial charge on any atom is 0.0543 e. The van der Waals surface area contributed by atoms with Gasteiger partial charge in [-0.15, -0.1) is 0 Å². The van der Waals surface area contributed by atoms with E-state index in [-0.39, 0.29) is 5.41 Å². The minimum Gasteiger partial charge on any atom is -0.310 e. The first-order valence-electron chi connectivity index (χ1n) is 15.7. The quantitative estimate of drug-likeness (QED) is 0.202. The van der Waals surface area contributed by atoms with Crippen LogP contribution in [-0.2, 0) is 5.41 Å². The van der Waals surface area contributed by atoms with Crippen molar-refractivity contribution in [1.29, 1.82) is 0 Å². The molecule has 214 valence electrons. The number of para-hydroxylation sites is 3. The van der Waals surface area contributed by atoms with E-state index in [1.54, 1.807) is 0 Å². The smallest absolute Gasteiger partial charge is 0.0543 e. The topological polar surface area (TPSA) is 8.17 Å². The number of fused-ring (bicyclic) bond motifs is 7. The molecule has 1 aliphatic carbocycles. The molecule has 0 radical (unpaired) electrons. The highest BCUT2D eigenvalue weighted by molar-refractivity contribution is 6.10. The lowest BCUT2D eigenvalue weighted by Gasteiger charge is -2.28. The number of rotatable bonds is 4. The predicted molar refractivity (Wildman–Crippen MR) is 191 cm³/mol. The summed E-state index contributed by atoms with van der Waals surface area (Å²) in [4.78, 5) is 2.39. The fourth-order valence-electron chi connectivity index (χ4n) is 7.60. The molecule has 0 N–H and O–H groups in total. The molecule has 0 saturated carbocycles. The van der Waals surface area contributed by atoms with Crippen molar-refractivity contribution in [2.45, 2.75) is 19.3 Å². The van der Waals surface area contributed by atoms with Gasteiger partial charge in [-0.2, -0.15) is 0 Å². The summed E-state index contributed by atoms with van der Waals surface area (Å²) in [5.74, 6) is 0. The van der Waals surface area contributed by atoms with Crippen LogP contribution in [0.3, 0.4) is 0 Å². The van der Waals surface area contributed by atoms with Crippen LogP contribution in [0.1, 0.15) is 25.0 Å². The average Bonchev–Trinajstić information content (AvgIpc) is 3.54. The molecule has 0 amide bonds. The Labute approximate surface area is 263 Å². The zero-order valence-corrected chi connectivity index (χ0v) is 25.4. The van der Waals surface area contributed by atoms with Gasteiger partial charge >= 0.3 is 0 Å². The fourth-order valence-corrected chi connectivity index (χ4v) is 7.60. The van der Waals surface area contributed by atoms with Gasteiger partial charge in [0, 0.05) is 38.8 Å². The van der Waals surface area contributed by atoms with Crippen LogP contribution in [0, 0.1) is 0 Å². The summed E-state index contributed by atoms with van der Waals surface area (Å²) in [7, 11) is 0. The standard InChI is InChI=1S/C43H32N2/c1-43(2)37-19-12-22-41(45-39-20-10-8-17-34(39)35-18-9-11-21-40(35)45)42(37)36-26-25-33(28-38(36)43)44(31-15-4-3-5-16-31)32-24-23-29-13-6-7-14-30(29)27-32/h3-28H,1-2H3. The zero-order valence-electron chi connectivity index (χ0n) is 25.4. The zero-order chi connectivity index (χ0) is 30.1. The minimum absolute atomic E-state index is 0.165. The number of anilines is 3. The second kappa shape index (κ2) is 9.70. The summed E-state index contributed by atoms with van der Waals surface area (Å²) in [5, 5.41) is 5.05. The van der Waals surface area contributed by atoms with Gasteiger partial charge in [-0.05, 0) is 82.1 Å². The molecule has 45 heavy (non-hydrogen) atoms. The molecule has 9 rings (SSSR count). The molecule has 8 aromatic rings. The van der Waals surface area contributed by atoms with Gasteiger partial charge in [0.05, 0.1) is 16.7 Å². The molecule has 7 aromatic carbocycles. The molecule has 0 atom stereocenters. The Bertz CT molecular complexity index is 2360. The number of nitrogens with zero attached hydrogens (tertiary/aromatic N) is 2. The Morgan fingerprint density at radius 2 is 1.09 bits per heavy atom. The second-order valence-corrected chi connectivity index (χ2v) is 12.6. The first-order valence-corrected chi connectivity index (χ1v) is 15.7. The van der Waals surface area contributed by atoms with E-state index in [4.69, 9.17) is 0 Å². The van der Waals surface area contributed by atoms with Crippen molar-refractivity contribution >= 4 is 49.6 Å². The van der Waals surface area contributed by atoms with Crippen molar-refractivity contribution in [2.75, 3.05) is 4.90 Å². The van der Waals surface area contributed by atoms with Gasteiger partial charge in [-0.25, -0.2) is 0 Å². The predicted octanol–water partition coefficient (Wildman–Crippen LogP) is 11.7. The molecule has 2 nitrogen and oxygen atoms in total. The molecule has 0 unspecified atom stereocenters. The summed E-state index contributed by atoms with van der Waals surface area (Å²) in [6.45, 7) is 4.75. The molecule has 0 bridgehead atoms. The van der Waals surface area contributed by atoms with E-state index in [1.165, 1.54) is 60.5 Å². The maximum atomic E-state index is 2.47. The highest BCUT2D eigenvalue weighted by Gasteiger charge is 2.38. The van der Waals surface area contributed by atoms with Gasteiger partial charge < -0.3 is 9.47 Å². The van der Waals surface area contributed by atoms with Crippen LogP contribution in [0.2, 0.25) is 0 Å². The van der Waals surface area contributed by atoms with E-state index in [0.717, 1.165) is 17.1 Å². The molecule has 0 saturated heterocycles. The fraction of sp³-hybridized carbons (Fsp3) is 0.0698. The third-order valence-corrected chi connectivity index (χ3v) is 9.75. The lowest BCUT2D eigenvalue weighted by atomic mass is 9.82. The minimum atomic E-state index is -0.165. The normalized spacial score (nSPS) is 13.3. The summed E-state index contributed by atoms with van der Waals surface area (Å²) < 4.78 is 2.47. The third-order valence-electron chi connectivity index (χ3n) is 9.75. The van der Waals surface area contributed by atoms with Crippen LogP contribution in [0.15, 0.2) is 158 Å². The van der Waals surface area contributed by atoms with Crippen LogP contribution >= 0.6 is 0 Å². The van der Waals surface area contributed by atoms with Gasteiger partial charge in [0.2, 0.25) is 0 Å². The SMILES string of the molecule is CC1(C)c2cc(N(c3ccccc3)c3ccc4ccccc4c3)ccc2-c2c(-n3c4ccccc4c4ccccc43)cccc21. The van der Waals surface area contributed by atoms with Gasteiger partial charge in [-0.3, -0.25) is 0 Å². The van der Waals surface area contributed by atoms with Crippen LogP contribution in [-0.4, -0.2) is 4.57 Å². The van der Waals surface area contributed by atoms with E-state index in [0.29, 0.717) is 0 Å². The van der Waals surface area contributed by atoms with Crippen LogP contribution in [0.5, 0.6) is 0 Å². The van der Waals surface area contributed by atoms with Crippen molar-refractivity contribution in [2.24, 2.45) is 0 Å². The van der Waals surface area contributed by atoms with E-state index < -0.39 is 0 Å². The van der Waals surface area contributed by atoms with E-state index in [2.05, 4.69) is 181 Å². The van der Waals surface area contributed by atoms with Crippen molar-refractivity contribution in [3.05, 3.63) is 169 Å². The summed E-state index contributed by atoms with van der Waals surface area (Å²) >= 11 is 0. The van der Waals surface area contributed by atoms with E-state index in [1.807, 2.05) is 0 Å². The van der Waals surface area contributed by atoms with E-state index in [9.17, 15) is 0 Å². The highest BCUT2D eigenvalue weighted by Crippen LogP contribution is 2.53. The highest BCUT2D eigenvalue weighted by atomic mass is 15.1. The lowest BCUT2D eigenvalue weighted by molar-refractivity contribution is 0.660. The molecule has 1 heterocycles. The Morgan fingerprint density at radius 1 is 0.467 bits per heavy atom. The Morgan fingerprint density at radius 3 is 1.84 bits per heavy atom. The number of benzene rings is 7. The summed E-state index contributed by atoms with van der Waals surface area (Å²) in [5.41, 5.74) is 12.4. The Kier molecular flexibility index (Phi) is 5.58. The van der Waals surface area contributed by atoms with Crippen molar-refractivity contribution in [1.82, 2.24) is 4.57 Å². The number of aromatic nitrogens is 1. The van der Waals surface area contributed by atoms with Crippen molar-refractivity contribution < 1.29 is 0 Å². The van der Waals surface area contributed by atoms with Crippen molar-refractivity contribution in [3.63, 3.8) is 0 Å². The molecular weight excluding hydrogens is 544 g/mol. The van der Waals surface area contributed by atoms with Crippen LogP contribution in [0.4, 0.5) is 17.1 Å². The Hall–Kier alpha value is -5.60. The summed E-state index contributed by atoms with van der Waals surface area (Å²) in [6.07, 6.45) is 0. The van der Waals surface area contributed by atoms with Gasteiger partial charge in [-0.1, -0.05) is 117 Å².